The van der Waals surface area contributed by atoms with E-state index in [1.165, 1.54) is 16.7 Å². The first-order valence-corrected chi connectivity index (χ1v) is 5.09. The van der Waals surface area contributed by atoms with Crippen molar-refractivity contribution < 1.29 is 0 Å². The van der Waals surface area contributed by atoms with Crippen molar-refractivity contribution in [2.24, 2.45) is 0 Å². The Morgan fingerprint density at radius 3 is 1.87 bits per heavy atom. The van der Waals surface area contributed by atoms with Crippen molar-refractivity contribution in [2.75, 3.05) is 0 Å². The second kappa shape index (κ2) is 10.6. The zero-order chi connectivity index (χ0) is 12.3. The maximum Gasteiger partial charge on any atom is -0.0382 e. The van der Waals surface area contributed by atoms with Gasteiger partial charge in [-0.25, -0.2) is 0 Å². The molecule has 0 amide bonds. The summed E-state index contributed by atoms with van der Waals surface area (Å²) in [4.78, 5) is 0. The first-order chi connectivity index (χ1) is 7.11. The molecule has 0 radical (unpaired) electrons. The van der Waals surface area contributed by atoms with Gasteiger partial charge in [0.1, 0.15) is 0 Å². The largest absolute Gasteiger partial charge is 0.124 e. The Hall–Kier alpha value is -1.48. The minimum atomic E-state index is 1.08. The van der Waals surface area contributed by atoms with Gasteiger partial charge in [-0.2, -0.15) is 0 Å². The van der Waals surface area contributed by atoms with Crippen LogP contribution in [-0.4, -0.2) is 0 Å². The van der Waals surface area contributed by atoms with Crippen LogP contribution in [0.15, 0.2) is 30.9 Å². The van der Waals surface area contributed by atoms with Crippen molar-refractivity contribution in [2.45, 2.75) is 34.1 Å². The maximum atomic E-state index is 4.00. The van der Waals surface area contributed by atoms with Gasteiger partial charge in [-0.05, 0) is 38.3 Å². The van der Waals surface area contributed by atoms with E-state index in [1.54, 1.807) is 0 Å². The summed E-state index contributed by atoms with van der Waals surface area (Å²) in [5, 5.41) is 0. The minimum absolute atomic E-state index is 1.08. The smallest absolute Gasteiger partial charge is 0.0382 e. The second-order valence-corrected chi connectivity index (χ2v) is 3.28. The molecule has 0 saturated carbocycles. The van der Waals surface area contributed by atoms with E-state index in [9.17, 15) is 0 Å². The highest BCUT2D eigenvalue weighted by atomic mass is 13.9. The molecule has 1 aromatic carbocycles. The summed E-state index contributed by atoms with van der Waals surface area (Å²) in [7, 11) is 0. The van der Waals surface area contributed by atoms with E-state index in [1.807, 2.05) is 6.08 Å². The molecular weight excluding hydrogens is 180 g/mol. The number of allylic oxidation sites excluding steroid dienone is 1. The van der Waals surface area contributed by atoms with E-state index in [0.29, 0.717) is 0 Å². The summed E-state index contributed by atoms with van der Waals surface area (Å²) in [6.07, 6.45) is 11.0. The van der Waals surface area contributed by atoms with Crippen molar-refractivity contribution in [1.29, 1.82) is 0 Å². The van der Waals surface area contributed by atoms with Gasteiger partial charge in [0, 0.05) is 0 Å². The highest BCUT2D eigenvalue weighted by Crippen LogP contribution is 2.07. The van der Waals surface area contributed by atoms with Crippen molar-refractivity contribution in [3.8, 4) is 12.8 Å². The summed E-state index contributed by atoms with van der Waals surface area (Å²) in [6, 6.07) is 6.50. The van der Waals surface area contributed by atoms with Gasteiger partial charge in [0.25, 0.3) is 0 Å². The van der Waals surface area contributed by atoms with Crippen LogP contribution >= 0.6 is 0 Å². The average Bonchev–Trinajstić information content (AvgIpc) is 2.27. The van der Waals surface area contributed by atoms with Gasteiger partial charge < -0.3 is 0 Å². The standard InChI is InChI=1S/C9H12.C4H8.C2H2/c1-7-4-5-8(2)9(3)6-7;1-3-4-2;1-2/h4-6H,1-3H3;3H,1,4H2,2H3;1-2H. The lowest BCUT2D eigenvalue weighted by atomic mass is 10.1. The first-order valence-electron chi connectivity index (χ1n) is 5.09. The van der Waals surface area contributed by atoms with Crippen LogP contribution in [0.5, 0.6) is 0 Å². The molecule has 0 atom stereocenters. The number of benzene rings is 1. The fourth-order valence-electron chi connectivity index (χ4n) is 0.891. The van der Waals surface area contributed by atoms with Crippen LogP contribution in [0.2, 0.25) is 0 Å². The Morgan fingerprint density at radius 1 is 1.13 bits per heavy atom. The molecular formula is C15H22. The van der Waals surface area contributed by atoms with Gasteiger partial charge in [-0.1, -0.05) is 36.8 Å². The number of hydrogen-bond acceptors (Lipinski definition) is 0. The molecule has 1 aromatic rings. The van der Waals surface area contributed by atoms with E-state index in [4.69, 9.17) is 0 Å². The molecule has 0 aromatic heterocycles. The van der Waals surface area contributed by atoms with Gasteiger partial charge in [0.2, 0.25) is 0 Å². The van der Waals surface area contributed by atoms with E-state index in [-0.39, 0.29) is 0 Å². The quantitative estimate of drug-likeness (QED) is 0.466. The first kappa shape index (κ1) is 16.0. The number of terminal acetylenes is 1. The summed E-state index contributed by atoms with van der Waals surface area (Å²) < 4.78 is 0. The SMILES string of the molecule is C#C.C=CCC.Cc1ccc(C)c(C)c1. The van der Waals surface area contributed by atoms with E-state index < -0.39 is 0 Å². The van der Waals surface area contributed by atoms with Crippen LogP contribution < -0.4 is 0 Å². The van der Waals surface area contributed by atoms with Crippen LogP contribution in [0, 0.1) is 33.6 Å². The third-order valence-corrected chi connectivity index (χ3v) is 1.95. The van der Waals surface area contributed by atoms with E-state index in [2.05, 4.69) is 65.3 Å². The fraction of sp³-hybridized carbons (Fsp3) is 0.333. The van der Waals surface area contributed by atoms with Gasteiger partial charge >= 0.3 is 0 Å². The van der Waals surface area contributed by atoms with Crippen molar-refractivity contribution in [3.05, 3.63) is 47.5 Å². The molecule has 0 aliphatic rings. The average molecular weight is 202 g/mol. The monoisotopic (exact) mass is 202 g/mol. The molecule has 0 nitrogen and oxygen atoms in total. The number of hydrogen-bond donors (Lipinski definition) is 0. The molecule has 15 heavy (non-hydrogen) atoms. The summed E-state index contributed by atoms with van der Waals surface area (Å²) in [6.45, 7) is 11.9. The van der Waals surface area contributed by atoms with Crippen molar-refractivity contribution >= 4 is 0 Å². The molecule has 1 rings (SSSR count). The number of rotatable bonds is 1. The Labute approximate surface area is 95.0 Å². The third kappa shape index (κ3) is 8.84. The maximum absolute atomic E-state index is 4.00. The molecule has 0 aliphatic carbocycles. The Morgan fingerprint density at radius 2 is 1.60 bits per heavy atom. The summed E-state index contributed by atoms with van der Waals surface area (Å²) in [5.41, 5.74) is 4.11. The molecule has 0 heteroatoms. The lowest BCUT2D eigenvalue weighted by molar-refractivity contribution is 1.23. The molecule has 0 N–H and O–H groups in total. The lowest BCUT2D eigenvalue weighted by Gasteiger charge is -1.98. The molecule has 0 spiro atoms. The fourth-order valence-corrected chi connectivity index (χ4v) is 0.891. The van der Waals surface area contributed by atoms with Crippen LogP contribution in [0.3, 0.4) is 0 Å². The van der Waals surface area contributed by atoms with Crippen LogP contribution in [0.25, 0.3) is 0 Å². The van der Waals surface area contributed by atoms with Crippen molar-refractivity contribution in [3.63, 3.8) is 0 Å². The molecule has 0 saturated heterocycles. The Bertz CT molecular complexity index is 292. The van der Waals surface area contributed by atoms with Gasteiger partial charge in [0.05, 0.1) is 0 Å². The highest BCUT2D eigenvalue weighted by molar-refractivity contribution is 5.28. The van der Waals surface area contributed by atoms with Crippen LogP contribution in [-0.2, 0) is 0 Å². The van der Waals surface area contributed by atoms with Crippen LogP contribution in [0.4, 0.5) is 0 Å². The minimum Gasteiger partial charge on any atom is -0.124 e. The topological polar surface area (TPSA) is 0 Å². The normalized spacial score (nSPS) is 7.60. The third-order valence-electron chi connectivity index (χ3n) is 1.95. The molecule has 0 aliphatic heterocycles. The van der Waals surface area contributed by atoms with Gasteiger partial charge in [-0.3, -0.25) is 0 Å². The zero-order valence-corrected chi connectivity index (χ0v) is 10.4. The highest BCUT2D eigenvalue weighted by Gasteiger charge is 1.89. The Kier molecular flexibility index (Phi) is 11.3. The van der Waals surface area contributed by atoms with Gasteiger partial charge in [-0.15, -0.1) is 19.4 Å². The molecule has 0 heterocycles. The van der Waals surface area contributed by atoms with E-state index >= 15 is 0 Å². The molecule has 82 valence electrons. The number of aryl methyl sites for hydroxylation is 3. The van der Waals surface area contributed by atoms with Gasteiger partial charge in [0.15, 0.2) is 0 Å². The summed E-state index contributed by atoms with van der Waals surface area (Å²) in [5.74, 6) is 0. The molecule has 0 unspecified atom stereocenters. The van der Waals surface area contributed by atoms with Crippen LogP contribution in [0.1, 0.15) is 30.0 Å². The second-order valence-electron chi connectivity index (χ2n) is 3.28. The lowest BCUT2D eigenvalue weighted by Crippen LogP contribution is -1.79. The summed E-state index contributed by atoms with van der Waals surface area (Å²) >= 11 is 0. The van der Waals surface area contributed by atoms with Crippen molar-refractivity contribution in [1.82, 2.24) is 0 Å². The van der Waals surface area contributed by atoms with E-state index in [0.717, 1.165) is 6.42 Å². The predicted octanol–water partition coefficient (Wildman–Crippen LogP) is 4.44. The molecule has 0 bridgehead atoms. The molecule has 0 fully saturated rings. The predicted molar refractivity (Wildman–Crippen MR) is 71.0 cm³/mol. The Balaban J connectivity index is 0. The zero-order valence-electron chi connectivity index (χ0n) is 10.4.